The van der Waals surface area contributed by atoms with E-state index in [0.717, 1.165) is 12.1 Å². The van der Waals surface area contributed by atoms with Crippen molar-refractivity contribution >= 4 is 11.9 Å². The first-order valence-electron chi connectivity index (χ1n) is 15.5. The van der Waals surface area contributed by atoms with Crippen molar-refractivity contribution in [1.29, 1.82) is 0 Å². The van der Waals surface area contributed by atoms with Gasteiger partial charge in [-0.2, -0.15) is 39.5 Å². The lowest BCUT2D eigenvalue weighted by Gasteiger charge is -2.38. The molecule has 4 aromatic rings. The van der Waals surface area contributed by atoms with Crippen molar-refractivity contribution in [2.24, 2.45) is 0 Å². The molecule has 2 atom stereocenters. The minimum absolute atomic E-state index is 0.00864. The third-order valence-electron chi connectivity index (χ3n) is 9.03. The molecule has 1 N–H and O–H groups in total. The second-order valence-corrected chi connectivity index (χ2v) is 12.5. The number of piperidine rings is 1. The number of nitrogens with zero attached hydrogens (tertiary/aromatic N) is 1. The molecule has 5 rings (SSSR count). The molecule has 4 aromatic carbocycles. The summed E-state index contributed by atoms with van der Waals surface area (Å²) in [6, 6.07) is 12.9. The van der Waals surface area contributed by atoms with E-state index in [-0.39, 0.29) is 47.0 Å². The molecule has 0 saturated carbocycles. The summed E-state index contributed by atoms with van der Waals surface area (Å²) in [5.41, 5.74) is -1.72. The van der Waals surface area contributed by atoms with Crippen LogP contribution in [0.25, 0.3) is 22.3 Å². The summed E-state index contributed by atoms with van der Waals surface area (Å²) in [6.45, 7) is 2.87. The summed E-state index contributed by atoms with van der Waals surface area (Å²) in [7, 11) is 1.36. The molecule has 0 radical (unpaired) electrons. The number of carbonyl (C=O) groups excluding carboxylic acids is 1. The van der Waals surface area contributed by atoms with E-state index in [9.17, 15) is 54.2 Å². The van der Waals surface area contributed by atoms with Gasteiger partial charge in [0.25, 0.3) is 0 Å². The Balaban J connectivity index is 1.54. The average Bonchev–Trinajstić information content (AvgIpc) is 3.04. The molecular weight excluding hydrogens is 693 g/mol. The quantitative estimate of drug-likeness (QED) is 0.193. The van der Waals surface area contributed by atoms with Crippen LogP contribution in [0.5, 0.6) is 5.75 Å². The Kier molecular flexibility index (Phi) is 9.94. The number of halogens is 9. The highest BCUT2D eigenvalue weighted by Crippen LogP contribution is 2.43. The lowest BCUT2D eigenvalue weighted by atomic mass is 9.83. The van der Waals surface area contributed by atoms with E-state index in [1.165, 1.54) is 37.1 Å². The third kappa shape index (κ3) is 7.99. The molecule has 0 spiro atoms. The molecule has 1 saturated heterocycles. The largest absolute Gasteiger partial charge is 0.496 e. The van der Waals surface area contributed by atoms with Gasteiger partial charge < -0.3 is 14.7 Å². The van der Waals surface area contributed by atoms with Gasteiger partial charge >= 0.3 is 24.5 Å². The van der Waals surface area contributed by atoms with Crippen molar-refractivity contribution in [2.75, 3.05) is 7.11 Å². The van der Waals surface area contributed by atoms with Crippen LogP contribution in [0.15, 0.2) is 72.8 Å². The summed E-state index contributed by atoms with van der Waals surface area (Å²) in [5.74, 6) is -2.52. The molecule has 1 amide bonds. The smallest absolute Gasteiger partial charge is 0.416 e. The van der Waals surface area contributed by atoms with Gasteiger partial charge in [0.2, 0.25) is 5.91 Å². The van der Waals surface area contributed by atoms with Crippen molar-refractivity contribution < 1.29 is 58.9 Å². The molecule has 5 nitrogen and oxygen atoms in total. The van der Waals surface area contributed by atoms with Gasteiger partial charge in [-0.1, -0.05) is 18.2 Å². The van der Waals surface area contributed by atoms with E-state index >= 15 is 0 Å². The van der Waals surface area contributed by atoms with E-state index in [1.807, 2.05) is 0 Å². The van der Waals surface area contributed by atoms with Crippen LogP contribution in [-0.4, -0.2) is 35.0 Å². The Morgan fingerprint density at radius 3 is 1.92 bits per heavy atom. The summed E-state index contributed by atoms with van der Waals surface area (Å²) in [5, 5.41) is 9.36. The number of alkyl halides is 9. The van der Waals surface area contributed by atoms with Gasteiger partial charge in [0, 0.05) is 24.6 Å². The second kappa shape index (κ2) is 13.6. The van der Waals surface area contributed by atoms with Gasteiger partial charge in [-0.25, -0.2) is 4.79 Å². The molecule has 0 bridgehead atoms. The number of ether oxygens (including phenoxy) is 1. The lowest BCUT2D eigenvalue weighted by molar-refractivity contribution is -0.143. The highest BCUT2D eigenvalue weighted by molar-refractivity contribution is 5.89. The summed E-state index contributed by atoms with van der Waals surface area (Å²) in [6.07, 6.45) is -15.4. The number of hydrogen-bond acceptors (Lipinski definition) is 3. The maximum atomic E-state index is 14.0. The van der Waals surface area contributed by atoms with Crippen LogP contribution >= 0.6 is 0 Å². The molecule has 0 aromatic heterocycles. The lowest BCUT2D eigenvalue weighted by Crippen LogP contribution is -2.44. The predicted molar refractivity (Wildman–Crippen MR) is 169 cm³/mol. The van der Waals surface area contributed by atoms with E-state index in [4.69, 9.17) is 4.74 Å². The van der Waals surface area contributed by atoms with Gasteiger partial charge in [0.15, 0.2) is 0 Å². The number of likely N-dealkylation sites (tertiary alicyclic amines) is 1. The summed E-state index contributed by atoms with van der Waals surface area (Å²) < 4.78 is 129. The molecule has 1 fully saturated rings. The SMILES string of the molecule is COc1ccc(-c2ccc(C(=O)O)cc2C)cc1-c1ccc(C(F)(F)F)cc1CN1C(=O)C[C@H](c2cc(C(F)(F)F)cc(C(F)(F)F)c2)C[C@@H]1C. The molecule has 0 unspecified atom stereocenters. The minimum Gasteiger partial charge on any atom is -0.496 e. The number of carboxylic acid groups (broad SMARTS) is 1. The Labute approximate surface area is 286 Å². The zero-order valence-corrected chi connectivity index (χ0v) is 27.2. The fourth-order valence-electron chi connectivity index (χ4n) is 6.46. The van der Waals surface area contributed by atoms with E-state index < -0.39 is 65.5 Å². The molecule has 0 aliphatic carbocycles. The van der Waals surface area contributed by atoms with Crippen LogP contribution < -0.4 is 4.74 Å². The fraction of sp³-hybridized carbons (Fsp3) is 0.297. The molecule has 1 aliphatic heterocycles. The molecule has 270 valence electrons. The monoisotopic (exact) mass is 723 g/mol. The van der Waals surface area contributed by atoms with Crippen molar-refractivity contribution in [1.82, 2.24) is 4.90 Å². The van der Waals surface area contributed by atoms with Crippen LogP contribution in [0, 0.1) is 6.92 Å². The zero-order chi connectivity index (χ0) is 37.6. The number of rotatable bonds is 7. The second-order valence-electron chi connectivity index (χ2n) is 12.5. The first-order chi connectivity index (χ1) is 23.7. The van der Waals surface area contributed by atoms with E-state index in [1.54, 1.807) is 31.2 Å². The summed E-state index contributed by atoms with van der Waals surface area (Å²) in [4.78, 5) is 26.3. The molecule has 1 heterocycles. The number of benzene rings is 4. The van der Waals surface area contributed by atoms with Crippen LogP contribution in [-0.2, 0) is 29.9 Å². The molecule has 51 heavy (non-hydrogen) atoms. The number of aryl methyl sites for hydroxylation is 1. The molecular formula is C37H30F9NO4. The van der Waals surface area contributed by atoms with Crippen LogP contribution in [0.2, 0.25) is 0 Å². The number of carboxylic acids is 1. The molecule has 14 heteroatoms. The Bertz CT molecular complexity index is 1950. The molecule has 1 aliphatic rings. The fourth-order valence-corrected chi connectivity index (χ4v) is 6.46. The number of hydrogen-bond donors (Lipinski definition) is 1. The Morgan fingerprint density at radius 1 is 0.784 bits per heavy atom. The van der Waals surface area contributed by atoms with Crippen LogP contribution in [0.1, 0.15) is 69.4 Å². The number of carbonyl (C=O) groups is 2. The van der Waals surface area contributed by atoms with Crippen molar-refractivity contribution in [2.45, 2.75) is 63.7 Å². The van der Waals surface area contributed by atoms with Gasteiger partial charge in [0.05, 0.1) is 29.4 Å². The van der Waals surface area contributed by atoms with Crippen LogP contribution in [0.4, 0.5) is 39.5 Å². The van der Waals surface area contributed by atoms with Crippen LogP contribution in [0.3, 0.4) is 0 Å². The number of methoxy groups -OCH3 is 1. The maximum absolute atomic E-state index is 14.0. The van der Waals surface area contributed by atoms with Crippen molar-refractivity contribution in [3.05, 3.63) is 112 Å². The van der Waals surface area contributed by atoms with Gasteiger partial charge in [-0.15, -0.1) is 0 Å². The normalized spacial score (nSPS) is 17.1. The highest BCUT2D eigenvalue weighted by Gasteiger charge is 2.40. The van der Waals surface area contributed by atoms with Gasteiger partial charge in [0.1, 0.15) is 5.75 Å². The maximum Gasteiger partial charge on any atom is 0.416 e. The first-order valence-corrected chi connectivity index (χ1v) is 15.5. The van der Waals surface area contributed by atoms with Gasteiger partial charge in [-0.3, -0.25) is 4.79 Å². The van der Waals surface area contributed by atoms with Crippen molar-refractivity contribution in [3.8, 4) is 28.0 Å². The highest BCUT2D eigenvalue weighted by atomic mass is 19.4. The summed E-state index contributed by atoms with van der Waals surface area (Å²) >= 11 is 0. The first kappa shape index (κ1) is 37.3. The predicted octanol–water partition coefficient (Wildman–Crippen LogP) is 10.4. The van der Waals surface area contributed by atoms with Crippen molar-refractivity contribution in [3.63, 3.8) is 0 Å². The van der Waals surface area contributed by atoms with E-state index in [0.29, 0.717) is 34.4 Å². The minimum atomic E-state index is -5.08. The zero-order valence-electron chi connectivity index (χ0n) is 27.2. The number of aromatic carboxylic acids is 1. The Morgan fingerprint density at radius 2 is 1.39 bits per heavy atom. The number of amides is 1. The Hall–Kier alpha value is -5.01. The topological polar surface area (TPSA) is 66.8 Å². The average molecular weight is 724 g/mol. The van der Waals surface area contributed by atoms with Gasteiger partial charge in [-0.05, 0) is 114 Å². The third-order valence-corrected chi connectivity index (χ3v) is 9.03. The standard InChI is InChI=1S/C37H30F9NO4/c1-19-10-22(34(49)50)4-7-29(19)21-5-9-32(51-3)31(15-21)30-8-6-26(35(38,39)40)14-25(30)18-47-20(2)11-23(16-33(47)48)24-12-27(36(41,42)43)17-28(13-24)37(44,45)46/h4-10,12-15,17,20,23H,11,16,18H2,1-3H3,(H,49,50)/t20-,23+/m0/s1. The van der Waals surface area contributed by atoms with E-state index in [2.05, 4.69) is 0 Å².